The SMILES string of the molecule is COC(=O)c1c(OC)c(C(=O)OC)c(OC)c(C(CC(C)C)C2(C)CCCC2)c1OC. The fourth-order valence-corrected chi connectivity index (χ4v) is 4.98. The Morgan fingerprint density at radius 3 is 1.55 bits per heavy atom. The maximum atomic E-state index is 12.9. The topological polar surface area (TPSA) is 80.3 Å². The van der Waals surface area contributed by atoms with Gasteiger partial charge in [0.2, 0.25) is 0 Å². The Labute approximate surface area is 185 Å². The molecule has 1 saturated carbocycles. The number of methoxy groups -OCH3 is 5. The van der Waals surface area contributed by atoms with E-state index in [4.69, 9.17) is 23.7 Å². The molecule has 2 rings (SSSR count). The first-order valence-electron chi connectivity index (χ1n) is 10.7. The molecular formula is C24H36O7. The van der Waals surface area contributed by atoms with Gasteiger partial charge in [0, 0.05) is 5.56 Å². The van der Waals surface area contributed by atoms with E-state index in [1.807, 2.05) is 0 Å². The van der Waals surface area contributed by atoms with Crippen molar-refractivity contribution in [2.45, 2.75) is 58.8 Å². The minimum atomic E-state index is -0.650. The van der Waals surface area contributed by atoms with Crippen molar-refractivity contribution in [2.75, 3.05) is 35.5 Å². The Hall–Kier alpha value is -2.44. The molecule has 7 nitrogen and oxygen atoms in total. The standard InChI is InChI=1S/C24H36O7/c1-14(2)13-15(24(3)11-9-10-12-24)16-19(27-4)17(22(25)30-7)21(29-6)18(20(16)28-5)23(26)31-8/h14-15H,9-13H2,1-8H3. The summed E-state index contributed by atoms with van der Waals surface area (Å²) in [6.07, 6.45) is 5.21. The van der Waals surface area contributed by atoms with Crippen LogP contribution in [0.5, 0.6) is 17.2 Å². The predicted octanol–water partition coefficient (Wildman–Crippen LogP) is 5.00. The van der Waals surface area contributed by atoms with E-state index in [-0.39, 0.29) is 28.2 Å². The normalized spacial score (nSPS) is 16.0. The number of hydrogen-bond donors (Lipinski definition) is 0. The van der Waals surface area contributed by atoms with E-state index in [0.29, 0.717) is 23.0 Å². The van der Waals surface area contributed by atoms with Gasteiger partial charge in [0.15, 0.2) is 5.75 Å². The second kappa shape index (κ2) is 10.2. The van der Waals surface area contributed by atoms with Crippen LogP contribution in [0.4, 0.5) is 0 Å². The van der Waals surface area contributed by atoms with Crippen molar-refractivity contribution in [1.29, 1.82) is 0 Å². The maximum Gasteiger partial charge on any atom is 0.345 e. The molecular weight excluding hydrogens is 400 g/mol. The lowest BCUT2D eigenvalue weighted by Crippen LogP contribution is -2.27. The summed E-state index contributed by atoms with van der Waals surface area (Å²) >= 11 is 0. The Kier molecular flexibility index (Phi) is 8.21. The Bertz CT molecular complexity index is 762. The van der Waals surface area contributed by atoms with E-state index in [1.165, 1.54) is 35.5 Å². The van der Waals surface area contributed by atoms with Crippen LogP contribution in [0.1, 0.15) is 85.1 Å². The third-order valence-electron chi connectivity index (χ3n) is 6.43. The first kappa shape index (κ1) is 24.8. The highest BCUT2D eigenvalue weighted by Gasteiger charge is 2.44. The van der Waals surface area contributed by atoms with E-state index in [1.54, 1.807) is 0 Å². The molecule has 1 aliphatic carbocycles. The van der Waals surface area contributed by atoms with Crippen molar-refractivity contribution in [2.24, 2.45) is 11.3 Å². The summed E-state index contributed by atoms with van der Waals surface area (Å²) in [4.78, 5) is 25.7. The second-order valence-corrected chi connectivity index (χ2v) is 8.79. The van der Waals surface area contributed by atoms with Gasteiger partial charge in [-0.3, -0.25) is 0 Å². The predicted molar refractivity (Wildman–Crippen MR) is 118 cm³/mol. The molecule has 1 aromatic carbocycles. The molecule has 7 heteroatoms. The first-order valence-corrected chi connectivity index (χ1v) is 10.7. The zero-order valence-corrected chi connectivity index (χ0v) is 20.0. The highest BCUT2D eigenvalue weighted by atomic mass is 16.5. The van der Waals surface area contributed by atoms with Gasteiger partial charge in [-0.15, -0.1) is 0 Å². The molecule has 0 spiro atoms. The highest BCUT2D eigenvalue weighted by molar-refractivity contribution is 6.05. The summed E-state index contributed by atoms with van der Waals surface area (Å²) < 4.78 is 27.2. The lowest BCUT2D eigenvalue weighted by molar-refractivity contribution is 0.0585. The molecule has 174 valence electrons. The number of rotatable bonds is 9. The first-order chi connectivity index (χ1) is 14.7. The van der Waals surface area contributed by atoms with Crippen LogP contribution in [0, 0.1) is 11.3 Å². The van der Waals surface area contributed by atoms with E-state index < -0.39 is 11.9 Å². The second-order valence-electron chi connectivity index (χ2n) is 8.79. The van der Waals surface area contributed by atoms with Crippen molar-refractivity contribution < 1.29 is 33.3 Å². The third-order valence-corrected chi connectivity index (χ3v) is 6.43. The number of carbonyl (C=O) groups is 2. The van der Waals surface area contributed by atoms with E-state index in [0.717, 1.165) is 32.1 Å². The quantitative estimate of drug-likeness (QED) is 0.504. The van der Waals surface area contributed by atoms with Gasteiger partial charge < -0.3 is 23.7 Å². The van der Waals surface area contributed by atoms with E-state index in [2.05, 4.69) is 20.8 Å². The number of carbonyl (C=O) groups excluding carboxylic acids is 2. The molecule has 1 atom stereocenters. The van der Waals surface area contributed by atoms with Crippen LogP contribution in [0.25, 0.3) is 0 Å². The highest BCUT2D eigenvalue weighted by Crippen LogP contribution is 2.57. The van der Waals surface area contributed by atoms with Crippen LogP contribution in [0.15, 0.2) is 0 Å². The Morgan fingerprint density at radius 1 is 0.806 bits per heavy atom. The lowest BCUT2D eigenvalue weighted by Gasteiger charge is -2.38. The zero-order valence-electron chi connectivity index (χ0n) is 20.0. The van der Waals surface area contributed by atoms with Gasteiger partial charge in [-0.25, -0.2) is 9.59 Å². The van der Waals surface area contributed by atoms with Crippen molar-refractivity contribution in [3.05, 3.63) is 16.7 Å². The Morgan fingerprint density at radius 2 is 1.23 bits per heavy atom. The molecule has 0 saturated heterocycles. The van der Waals surface area contributed by atoms with Gasteiger partial charge in [0.05, 0.1) is 35.5 Å². The lowest BCUT2D eigenvalue weighted by atomic mass is 9.68. The summed E-state index contributed by atoms with van der Waals surface area (Å²) in [5, 5.41) is 0. The van der Waals surface area contributed by atoms with Crippen LogP contribution in [0.2, 0.25) is 0 Å². The van der Waals surface area contributed by atoms with Crippen LogP contribution in [0.3, 0.4) is 0 Å². The molecule has 1 aliphatic rings. The average Bonchev–Trinajstić information content (AvgIpc) is 3.21. The summed E-state index contributed by atoms with van der Waals surface area (Å²) in [6.45, 7) is 6.60. The van der Waals surface area contributed by atoms with Gasteiger partial charge >= 0.3 is 11.9 Å². The number of hydrogen-bond acceptors (Lipinski definition) is 7. The van der Waals surface area contributed by atoms with Crippen LogP contribution >= 0.6 is 0 Å². The molecule has 0 aliphatic heterocycles. The summed E-state index contributed by atoms with van der Waals surface area (Å²) in [5.41, 5.74) is 0.808. The molecule has 0 radical (unpaired) electrons. The molecule has 0 heterocycles. The largest absolute Gasteiger partial charge is 0.495 e. The fraction of sp³-hybridized carbons (Fsp3) is 0.667. The van der Waals surface area contributed by atoms with E-state index >= 15 is 0 Å². The van der Waals surface area contributed by atoms with Crippen molar-refractivity contribution in [1.82, 2.24) is 0 Å². The molecule has 1 aromatic rings. The maximum absolute atomic E-state index is 12.9. The van der Waals surface area contributed by atoms with Crippen molar-refractivity contribution in [3.63, 3.8) is 0 Å². The van der Waals surface area contributed by atoms with E-state index in [9.17, 15) is 9.59 Å². The fourth-order valence-electron chi connectivity index (χ4n) is 4.98. The molecule has 0 bridgehead atoms. The summed E-state index contributed by atoms with van der Waals surface area (Å²) in [5.74, 6) is -0.250. The number of ether oxygens (including phenoxy) is 5. The van der Waals surface area contributed by atoms with Gasteiger partial charge in [-0.1, -0.05) is 33.6 Å². The monoisotopic (exact) mass is 436 g/mol. The van der Waals surface area contributed by atoms with Crippen LogP contribution in [-0.2, 0) is 9.47 Å². The third kappa shape index (κ3) is 4.60. The molecule has 0 aromatic heterocycles. The van der Waals surface area contributed by atoms with Crippen LogP contribution in [-0.4, -0.2) is 47.5 Å². The van der Waals surface area contributed by atoms with Crippen molar-refractivity contribution >= 4 is 11.9 Å². The number of esters is 2. The molecule has 0 N–H and O–H groups in total. The van der Waals surface area contributed by atoms with Gasteiger partial charge in [-0.2, -0.15) is 0 Å². The van der Waals surface area contributed by atoms with Gasteiger partial charge in [0.25, 0.3) is 0 Å². The zero-order chi connectivity index (χ0) is 23.3. The van der Waals surface area contributed by atoms with Gasteiger partial charge in [-0.05, 0) is 36.5 Å². The summed E-state index contributed by atoms with van der Waals surface area (Å²) in [7, 11) is 6.97. The minimum absolute atomic E-state index is 0.00221. The van der Waals surface area contributed by atoms with Gasteiger partial charge in [0.1, 0.15) is 22.6 Å². The molecule has 31 heavy (non-hydrogen) atoms. The molecule has 0 amide bonds. The minimum Gasteiger partial charge on any atom is -0.495 e. The smallest absolute Gasteiger partial charge is 0.345 e. The number of benzene rings is 1. The van der Waals surface area contributed by atoms with Crippen LogP contribution < -0.4 is 14.2 Å². The molecule has 1 unspecified atom stereocenters. The van der Waals surface area contributed by atoms with Crippen molar-refractivity contribution in [3.8, 4) is 17.2 Å². The molecule has 1 fully saturated rings. The Balaban J connectivity index is 3.03. The summed E-state index contributed by atoms with van der Waals surface area (Å²) in [6, 6.07) is 0. The average molecular weight is 437 g/mol.